The van der Waals surface area contributed by atoms with Gasteiger partial charge in [0.2, 0.25) is 0 Å². The van der Waals surface area contributed by atoms with Crippen LogP contribution in [0.5, 0.6) is 0 Å². The SMILES string of the molecule is CCC1CN(C(C)C)CCC1CO. The van der Waals surface area contributed by atoms with Crippen LogP contribution in [0.4, 0.5) is 0 Å². The molecule has 0 saturated carbocycles. The highest BCUT2D eigenvalue weighted by Gasteiger charge is 2.28. The molecule has 2 heteroatoms. The van der Waals surface area contributed by atoms with Gasteiger partial charge in [0.15, 0.2) is 0 Å². The summed E-state index contributed by atoms with van der Waals surface area (Å²) >= 11 is 0. The minimum Gasteiger partial charge on any atom is -0.396 e. The van der Waals surface area contributed by atoms with Gasteiger partial charge in [-0.15, -0.1) is 0 Å². The van der Waals surface area contributed by atoms with Crippen molar-refractivity contribution in [3.63, 3.8) is 0 Å². The van der Waals surface area contributed by atoms with Crippen molar-refractivity contribution in [2.45, 2.75) is 39.7 Å². The van der Waals surface area contributed by atoms with Gasteiger partial charge in [0.05, 0.1) is 0 Å². The van der Waals surface area contributed by atoms with Crippen LogP contribution in [0.1, 0.15) is 33.6 Å². The third-order valence-corrected chi connectivity index (χ3v) is 3.41. The zero-order valence-corrected chi connectivity index (χ0v) is 9.16. The van der Waals surface area contributed by atoms with E-state index in [0.717, 1.165) is 0 Å². The van der Waals surface area contributed by atoms with Gasteiger partial charge in [-0.3, -0.25) is 0 Å². The first-order chi connectivity index (χ1) is 6.19. The lowest BCUT2D eigenvalue weighted by atomic mass is 9.84. The van der Waals surface area contributed by atoms with Gasteiger partial charge in [0, 0.05) is 19.2 Å². The van der Waals surface area contributed by atoms with E-state index < -0.39 is 0 Å². The molecule has 1 N–H and O–H groups in total. The second kappa shape index (κ2) is 4.97. The van der Waals surface area contributed by atoms with Crippen LogP contribution >= 0.6 is 0 Å². The van der Waals surface area contributed by atoms with E-state index in [0.29, 0.717) is 24.5 Å². The Kier molecular flexibility index (Phi) is 4.20. The molecule has 1 aliphatic heterocycles. The molecule has 0 aliphatic carbocycles. The van der Waals surface area contributed by atoms with Crippen LogP contribution in [-0.4, -0.2) is 35.7 Å². The van der Waals surface area contributed by atoms with Crippen molar-refractivity contribution in [1.82, 2.24) is 4.90 Å². The fourth-order valence-electron chi connectivity index (χ4n) is 2.28. The van der Waals surface area contributed by atoms with Gasteiger partial charge in [0.25, 0.3) is 0 Å². The molecule has 1 fully saturated rings. The van der Waals surface area contributed by atoms with Crippen molar-refractivity contribution in [3.05, 3.63) is 0 Å². The molecule has 13 heavy (non-hydrogen) atoms. The van der Waals surface area contributed by atoms with Gasteiger partial charge >= 0.3 is 0 Å². The molecule has 78 valence electrons. The molecule has 0 radical (unpaired) electrons. The standard InChI is InChI=1S/C11H23NO/c1-4-10-7-12(9(2)3)6-5-11(10)8-13/h9-11,13H,4-8H2,1-3H3. The monoisotopic (exact) mass is 185 g/mol. The Labute approximate surface area is 81.9 Å². The number of likely N-dealkylation sites (tertiary alicyclic amines) is 1. The van der Waals surface area contributed by atoms with E-state index in [1.54, 1.807) is 0 Å². The quantitative estimate of drug-likeness (QED) is 0.724. The van der Waals surface area contributed by atoms with Crippen LogP contribution < -0.4 is 0 Å². The predicted molar refractivity (Wildman–Crippen MR) is 55.7 cm³/mol. The lowest BCUT2D eigenvalue weighted by molar-refractivity contribution is 0.0573. The highest BCUT2D eigenvalue weighted by molar-refractivity contribution is 4.80. The zero-order valence-electron chi connectivity index (χ0n) is 9.16. The predicted octanol–water partition coefficient (Wildman–Crippen LogP) is 1.74. The third kappa shape index (κ3) is 2.68. The fourth-order valence-corrected chi connectivity index (χ4v) is 2.28. The van der Waals surface area contributed by atoms with E-state index in [9.17, 15) is 5.11 Å². The van der Waals surface area contributed by atoms with Crippen LogP contribution in [0.25, 0.3) is 0 Å². The molecule has 1 heterocycles. The molecule has 0 aromatic heterocycles. The summed E-state index contributed by atoms with van der Waals surface area (Å²) in [6.45, 7) is 9.47. The van der Waals surface area contributed by atoms with E-state index in [-0.39, 0.29) is 0 Å². The fraction of sp³-hybridized carbons (Fsp3) is 1.00. The Morgan fingerprint density at radius 2 is 2.08 bits per heavy atom. The van der Waals surface area contributed by atoms with Crippen molar-refractivity contribution < 1.29 is 5.11 Å². The van der Waals surface area contributed by atoms with E-state index in [2.05, 4.69) is 25.7 Å². The maximum atomic E-state index is 9.20. The Hall–Kier alpha value is -0.0800. The maximum absolute atomic E-state index is 9.20. The first kappa shape index (κ1) is 11.0. The van der Waals surface area contributed by atoms with Crippen molar-refractivity contribution in [1.29, 1.82) is 0 Å². The molecule has 1 saturated heterocycles. The van der Waals surface area contributed by atoms with Gasteiger partial charge in [-0.2, -0.15) is 0 Å². The number of piperidine rings is 1. The second-order valence-corrected chi connectivity index (χ2v) is 4.49. The Morgan fingerprint density at radius 3 is 2.54 bits per heavy atom. The van der Waals surface area contributed by atoms with Crippen molar-refractivity contribution in [3.8, 4) is 0 Å². The van der Waals surface area contributed by atoms with Gasteiger partial charge in [-0.05, 0) is 38.6 Å². The smallest absolute Gasteiger partial charge is 0.0462 e. The van der Waals surface area contributed by atoms with Crippen LogP contribution in [0.15, 0.2) is 0 Å². The first-order valence-corrected chi connectivity index (χ1v) is 5.54. The molecule has 0 bridgehead atoms. The minimum atomic E-state index is 0.379. The van der Waals surface area contributed by atoms with Gasteiger partial charge in [-0.1, -0.05) is 13.3 Å². The number of hydrogen-bond acceptors (Lipinski definition) is 2. The molecule has 2 atom stereocenters. The summed E-state index contributed by atoms with van der Waals surface area (Å²) in [5.41, 5.74) is 0. The van der Waals surface area contributed by atoms with E-state index in [1.165, 1.54) is 25.9 Å². The summed E-state index contributed by atoms with van der Waals surface area (Å²) < 4.78 is 0. The summed E-state index contributed by atoms with van der Waals surface area (Å²) in [5.74, 6) is 1.26. The highest BCUT2D eigenvalue weighted by atomic mass is 16.3. The van der Waals surface area contributed by atoms with Gasteiger partial charge < -0.3 is 10.0 Å². The van der Waals surface area contributed by atoms with E-state index >= 15 is 0 Å². The molecule has 0 aromatic rings. The van der Waals surface area contributed by atoms with Crippen molar-refractivity contribution in [2.24, 2.45) is 11.8 Å². The molecule has 0 spiro atoms. The van der Waals surface area contributed by atoms with Crippen LogP contribution in [-0.2, 0) is 0 Å². The number of nitrogens with zero attached hydrogens (tertiary/aromatic N) is 1. The Balaban J connectivity index is 2.47. The molecular formula is C11H23NO. The summed E-state index contributed by atoms with van der Waals surface area (Å²) in [5, 5.41) is 9.20. The molecule has 0 aromatic carbocycles. The average Bonchev–Trinajstić information content (AvgIpc) is 2.16. The number of aliphatic hydroxyl groups excluding tert-OH is 1. The molecule has 2 nitrogen and oxygen atoms in total. The number of rotatable bonds is 3. The van der Waals surface area contributed by atoms with Crippen molar-refractivity contribution in [2.75, 3.05) is 19.7 Å². The normalized spacial score (nSPS) is 31.2. The molecule has 2 unspecified atom stereocenters. The number of hydrogen-bond donors (Lipinski definition) is 1. The van der Waals surface area contributed by atoms with Gasteiger partial charge in [0.1, 0.15) is 0 Å². The third-order valence-electron chi connectivity index (χ3n) is 3.41. The Morgan fingerprint density at radius 1 is 1.38 bits per heavy atom. The van der Waals surface area contributed by atoms with Crippen molar-refractivity contribution >= 4 is 0 Å². The lowest BCUT2D eigenvalue weighted by Gasteiger charge is -2.39. The maximum Gasteiger partial charge on any atom is 0.0462 e. The lowest BCUT2D eigenvalue weighted by Crippen LogP contribution is -2.44. The summed E-state index contributed by atoms with van der Waals surface area (Å²) in [6.07, 6.45) is 2.38. The summed E-state index contributed by atoms with van der Waals surface area (Å²) in [7, 11) is 0. The molecule has 1 rings (SSSR count). The summed E-state index contributed by atoms with van der Waals surface area (Å²) in [6, 6.07) is 0.661. The topological polar surface area (TPSA) is 23.5 Å². The second-order valence-electron chi connectivity index (χ2n) is 4.49. The highest BCUT2D eigenvalue weighted by Crippen LogP contribution is 2.26. The summed E-state index contributed by atoms with van der Waals surface area (Å²) in [4.78, 5) is 2.53. The first-order valence-electron chi connectivity index (χ1n) is 5.54. The minimum absolute atomic E-state index is 0.379. The number of aliphatic hydroxyl groups is 1. The average molecular weight is 185 g/mol. The zero-order chi connectivity index (χ0) is 9.84. The van der Waals surface area contributed by atoms with E-state index in [4.69, 9.17) is 0 Å². The largest absolute Gasteiger partial charge is 0.396 e. The molecule has 0 amide bonds. The van der Waals surface area contributed by atoms with Gasteiger partial charge in [-0.25, -0.2) is 0 Å². The Bertz CT molecular complexity index is 147. The van der Waals surface area contributed by atoms with Crippen LogP contribution in [0, 0.1) is 11.8 Å². The molecule has 1 aliphatic rings. The molecular weight excluding hydrogens is 162 g/mol. The van der Waals surface area contributed by atoms with Crippen LogP contribution in [0.3, 0.4) is 0 Å². The van der Waals surface area contributed by atoms with Crippen LogP contribution in [0.2, 0.25) is 0 Å². The van der Waals surface area contributed by atoms with E-state index in [1.807, 2.05) is 0 Å².